The van der Waals surface area contributed by atoms with Crippen molar-refractivity contribution >= 4 is 22.5 Å². The first-order valence-corrected chi connectivity index (χ1v) is 4.27. The lowest BCUT2D eigenvalue weighted by molar-refractivity contribution is 0.255. The first-order valence-electron chi connectivity index (χ1n) is 6.27. The van der Waals surface area contributed by atoms with Crippen LogP contribution in [0.5, 0.6) is 5.75 Å². The average molecular weight is 219 g/mol. The lowest BCUT2D eigenvalue weighted by atomic mass is 10.1. The maximum absolute atomic E-state index is 10.5. The van der Waals surface area contributed by atoms with Crippen molar-refractivity contribution in [2.75, 3.05) is 0 Å². The van der Waals surface area contributed by atoms with E-state index in [0.717, 1.165) is 0 Å². The Morgan fingerprint density at radius 1 is 1.38 bits per heavy atom. The van der Waals surface area contributed by atoms with Crippen LogP contribution >= 0.6 is 0 Å². The van der Waals surface area contributed by atoms with Gasteiger partial charge in [0.1, 0.15) is 5.69 Å². The summed E-state index contributed by atoms with van der Waals surface area (Å²) >= 11 is 0. The molecule has 2 aromatic rings. The van der Waals surface area contributed by atoms with E-state index >= 15 is 0 Å². The van der Waals surface area contributed by atoms with Gasteiger partial charge in [-0.25, -0.2) is 4.79 Å². The number of primary amides is 1. The number of nitrogens with two attached hydrogens (primary N) is 1. The third-order valence-electron chi connectivity index (χ3n) is 1.86. The normalized spacial score (nSPS) is 14.5. The summed E-state index contributed by atoms with van der Waals surface area (Å²) in [5.41, 5.74) is 4.69. The number of carbonyl (C=O) groups excluding carboxylic acids is 1. The van der Waals surface area contributed by atoms with Crippen LogP contribution in [0.3, 0.4) is 0 Å². The van der Waals surface area contributed by atoms with Gasteiger partial charge in [0.05, 0.1) is 5.48 Å². The molecule has 2 rings (SSSR count). The van der Waals surface area contributed by atoms with Crippen LogP contribution in [0.2, 0.25) is 0 Å². The van der Waals surface area contributed by atoms with Crippen molar-refractivity contribution in [3.63, 3.8) is 0 Å². The van der Waals surface area contributed by atoms with Crippen molar-refractivity contribution in [1.82, 2.24) is 0 Å². The smallest absolute Gasteiger partial charge is 0.356 e. The summed E-state index contributed by atoms with van der Waals surface area (Å²) in [7, 11) is 0. The zero-order valence-corrected chi connectivity index (χ0v) is 7.98. The molecule has 16 heavy (non-hydrogen) atoms. The Morgan fingerprint density at radius 3 is 2.88 bits per heavy atom. The van der Waals surface area contributed by atoms with Gasteiger partial charge >= 0.3 is 6.03 Å². The molecular weight excluding hydrogens is 206 g/mol. The fraction of sp³-hybridized carbons (Fsp3) is 0. The minimum Gasteiger partial charge on any atom is -0.505 e. The lowest BCUT2D eigenvalue weighted by Crippen LogP contribution is -2.01. The third kappa shape index (κ3) is 1.83. The van der Waals surface area contributed by atoms with E-state index in [1.165, 1.54) is 12.1 Å². The van der Waals surface area contributed by atoms with E-state index in [-0.39, 0.29) is 22.5 Å². The summed E-state index contributed by atoms with van der Waals surface area (Å²) in [6, 6.07) is 0.0753. The van der Waals surface area contributed by atoms with E-state index in [1.807, 2.05) is 0 Å². The van der Waals surface area contributed by atoms with Crippen LogP contribution in [0, 0.1) is 0 Å². The number of urea groups is 1. The molecule has 0 saturated carbocycles. The number of hydrogen-bond donors (Lipinski definition) is 2. The van der Waals surface area contributed by atoms with Crippen molar-refractivity contribution in [3.05, 3.63) is 36.3 Å². The maximum Gasteiger partial charge on any atom is 0.356 e. The summed E-state index contributed by atoms with van der Waals surface area (Å²) < 4.78 is 30.6. The number of nitrogens with zero attached hydrogens (tertiary/aromatic N) is 2. The van der Waals surface area contributed by atoms with Gasteiger partial charge in [-0.3, -0.25) is 0 Å². The number of phenolic OH excluding ortho intramolecular Hbond substituents is 1. The number of aromatic hydroxyl groups is 1. The molecule has 3 N–H and O–H groups in total. The second-order valence-electron chi connectivity index (χ2n) is 2.89. The molecule has 0 aliphatic heterocycles. The second kappa shape index (κ2) is 3.98. The summed E-state index contributed by atoms with van der Waals surface area (Å²) in [5.74, 6) is -0.487. The van der Waals surface area contributed by atoms with Gasteiger partial charge in [-0.2, -0.15) is 0 Å². The Morgan fingerprint density at radius 2 is 2.12 bits per heavy atom. The molecule has 2 aromatic carbocycles. The fourth-order valence-corrected chi connectivity index (χ4v) is 1.19. The summed E-state index contributed by atoms with van der Waals surface area (Å²) in [6.07, 6.45) is 0. The lowest BCUT2D eigenvalue weighted by Gasteiger charge is -2.02. The fourth-order valence-electron chi connectivity index (χ4n) is 1.19. The number of phenols is 1. The largest absolute Gasteiger partial charge is 0.505 e. The predicted octanol–water partition coefficient (Wildman–Crippen LogP) is 2.71. The van der Waals surface area contributed by atoms with E-state index in [1.54, 1.807) is 0 Å². The Balaban J connectivity index is 2.83. The van der Waals surface area contributed by atoms with Crippen LogP contribution in [0.4, 0.5) is 10.5 Å². The molecule has 2 amide bonds. The highest BCUT2D eigenvalue weighted by atomic mass is 16.3. The summed E-state index contributed by atoms with van der Waals surface area (Å²) in [4.78, 5) is 10.5. The van der Waals surface area contributed by atoms with Gasteiger partial charge in [0, 0.05) is 5.39 Å². The van der Waals surface area contributed by atoms with Crippen LogP contribution in [-0.4, -0.2) is 11.1 Å². The monoisotopic (exact) mass is 219 g/mol. The standard InChI is InChI=1S/C11H9N3O2/c12-11(16)14-13-9-6-5-7-3-1-2-4-8(7)10(9)15/h1-6,15H,(H2,12,16)/i1D,2D,3D,4D. The molecule has 0 radical (unpaired) electrons. The number of carbonyl (C=O) groups is 1. The van der Waals surface area contributed by atoms with E-state index in [2.05, 4.69) is 10.2 Å². The molecule has 5 nitrogen and oxygen atoms in total. The zero-order valence-electron chi connectivity index (χ0n) is 12.0. The first-order chi connectivity index (χ1) is 9.34. The van der Waals surface area contributed by atoms with Gasteiger partial charge < -0.3 is 10.8 Å². The van der Waals surface area contributed by atoms with Gasteiger partial charge in [-0.15, -0.1) is 5.11 Å². The SMILES string of the molecule is [2H]c1c([2H])c([2H])c2c(O)c(N=NC(N)=O)ccc2c1[2H]. The molecule has 0 aliphatic rings. The number of rotatable bonds is 1. The summed E-state index contributed by atoms with van der Waals surface area (Å²) in [5, 5.41) is 16.6. The van der Waals surface area contributed by atoms with Gasteiger partial charge in [0.15, 0.2) is 5.75 Å². The minimum absolute atomic E-state index is 0.0862. The van der Waals surface area contributed by atoms with Crippen LogP contribution in [-0.2, 0) is 0 Å². The van der Waals surface area contributed by atoms with Crippen molar-refractivity contribution < 1.29 is 15.4 Å². The van der Waals surface area contributed by atoms with Crippen molar-refractivity contribution in [1.29, 1.82) is 0 Å². The molecule has 0 unspecified atom stereocenters. The minimum atomic E-state index is -1.04. The van der Waals surface area contributed by atoms with Gasteiger partial charge in [-0.05, 0) is 11.5 Å². The Kier molecular flexibility index (Phi) is 1.55. The molecule has 0 bridgehead atoms. The number of amides is 2. The molecule has 0 heterocycles. The van der Waals surface area contributed by atoms with Crippen LogP contribution in [0.1, 0.15) is 5.48 Å². The number of hydrogen-bond acceptors (Lipinski definition) is 3. The third-order valence-corrected chi connectivity index (χ3v) is 1.86. The quantitative estimate of drug-likeness (QED) is 0.722. The topological polar surface area (TPSA) is 88.0 Å². The van der Waals surface area contributed by atoms with Crippen LogP contribution in [0.15, 0.2) is 46.5 Å². The highest BCUT2D eigenvalue weighted by Gasteiger charge is 2.04. The molecule has 0 fully saturated rings. The highest BCUT2D eigenvalue weighted by molar-refractivity contribution is 5.92. The van der Waals surface area contributed by atoms with E-state index < -0.39 is 29.9 Å². The molecule has 0 aromatic heterocycles. The number of azo groups is 1. The van der Waals surface area contributed by atoms with Crippen molar-refractivity contribution in [2.24, 2.45) is 16.0 Å². The molecule has 0 atom stereocenters. The molecule has 5 heteroatoms. The number of fused-ring (bicyclic) bond motifs is 1. The van der Waals surface area contributed by atoms with E-state index in [0.29, 0.717) is 0 Å². The molecular formula is C11H9N3O2. The average Bonchev–Trinajstić information content (AvgIpc) is 2.41. The van der Waals surface area contributed by atoms with Crippen LogP contribution in [0.25, 0.3) is 10.8 Å². The predicted molar refractivity (Wildman–Crippen MR) is 59.7 cm³/mol. The van der Waals surface area contributed by atoms with Crippen molar-refractivity contribution in [3.8, 4) is 5.75 Å². The maximum atomic E-state index is 10.5. The van der Waals surface area contributed by atoms with E-state index in [4.69, 9.17) is 11.2 Å². The Bertz CT molecular complexity index is 761. The molecule has 0 saturated heterocycles. The highest BCUT2D eigenvalue weighted by Crippen LogP contribution is 2.34. The van der Waals surface area contributed by atoms with Gasteiger partial charge in [0.2, 0.25) is 0 Å². The second-order valence-corrected chi connectivity index (χ2v) is 2.89. The van der Waals surface area contributed by atoms with Crippen molar-refractivity contribution in [2.45, 2.75) is 0 Å². The Labute approximate surface area is 96.8 Å². The van der Waals surface area contributed by atoms with Crippen LogP contribution < -0.4 is 5.73 Å². The zero-order chi connectivity index (χ0) is 15.0. The van der Waals surface area contributed by atoms with Gasteiger partial charge in [-0.1, -0.05) is 35.4 Å². The molecule has 0 aliphatic carbocycles. The summed E-state index contributed by atoms with van der Waals surface area (Å²) in [6.45, 7) is 0. The molecule has 80 valence electrons. The molecule has 0 spiro atoms. The van der Waals surface area contributed by atoms with Gasteiger partial charge in [0.25, 0.3) is 0 Å². The Hall–Kier alpha value is -2.43. The van der Waals surface area contributed by atoms with E-state index in [9.17, 15) is 9.90 Å². The number of benzene rings is 2. The first kappa shape index (κ1) is 6.22.